The summed E-state index contributed by atoms with van der Waals surface area (Å²) in [5.41, 5.74) is 1.22. The second-order valence-corrected chi connectivity index (χ2v) is 5.40. The normalized spacial score (nSPS) is 10.7. The molecule has 0 bridgehead atoms. The zero-order chi connectivity index (χ0) is 12.8. The van der Waals surface area contributed by atoms with Crippen molar-refractivity contribution in [3.05, 3.63) is 35.2 Å². The second-order valence-electron chi connectivity index (χ2n) is 4.49. The highest BCUT2D eigenvalue weighted by Gasteiger charge is 2.05. The first kappa shape index (κ1) is 13.1. The standard InChI is InChI=1S/C15H19NOS/c1-2-3-4-9-15(17)16-10-12-11-18-14-8-6-5-7-13(12)14/h5-8,11H,2-4,9-10H2,1H3,(H,16,17). The first-order valence-electron chi connectivity index (χ1n) is 6.53. The Kier molecular flexibility index (Phi) is 4.76. The van der Waals surface area contributed by atoms with E-state index in [0.717, 1.165) is 19.3 Å². The number of amides is 1. The van der Waals surface area contributed by atoms with Crippen LogP contribution in [0.15, 0.2) is 29.6 Å². The highest BCUT2D eigenvalue weighted by molar-refractivity contribution is 7.17. The molecule has 1 N–H and O–H groups in total. The fourth-order valence-corrected chi connectivity index (χ4v) is 2.95. The molecule has 0 saturated carbocycles. The Morgan fingerprint density at radius 3 is 2.94 bits per heavy atom. The van der Waals surface area contributed by atoms with E-state index in [2.05, 4.69) is 29.8 Å². The van der Waals surface area contributed by atoms with E-state index in [-0.39, 0.29) is 5.91 Å². The van der Waals surface area contributed by atoms with Gasteiger partial charge in [0, 0.05) is 17.7 Å². The van der Waals surface area contributed by atoms with Gasteiger partial charge in [0.2, 0.25) is 5.91 Å². The van der Waals surface area contributed by atoms with Gasteiger partial charge >= 0.3 is 0 Å². The van der Waals surface area contributed by atoms with E-state index >= 15 is 0 Å². The minimum Gasteiger partial charge on any atom is -0.352 e. The van der Waals surface area contributed by atoms with Crippen LogP contribution in [0.25, 0.3) is 10.1 Å². The molecule has 0 unspecified atom stereocenters. The van der Waals surface area contributed by atoms with Gasteiger partial charge in [-0.25, -0.2) is 0 Å². The molecule has 96 valence electrons. The number of fused-ring (bicyclic) bond motifs is 1. The van der Waals surface area contributed by atoms with Crippen molar-refractivity contribution in [1.82, 2.24) is 5.32 Å². The summed E-state index contributed by atoms with van der Waals surface area (Å²) < 4.78 is 1.28. The lowest BCUT2D eigenvalue weighted by Crippen LogP contribution is -2.22. The molecular formula is C15H19NOS. The number of carbonyl (C=O) groups excluding carboxylic acids is 1. The van der Waals surface area contributed by atoms with Gasteiger partial charge in [0.25, 0.3) is 0 Å². The Labute approximate surface area is 112 Å². The Morgan fingerprint density at radius 1 is 1.28 bits per heavy atom. The van der Waals surface area contributed by atoms with Crippen LogP contribution in [0.2, 0.25) is 0 Å². The third kappa shape index (κ3) is 3.33. The van der Waals surface area contributed by atoms with Crippen molar-refractivity contribution in [3.63, 3.8) is 0 Å². The smallest absolute Gasteiger partial charge is 0.220 e. The summed E-state index contributed by atoms with van der Waals surface area (Å²) >= 11 is 1.74. The summed E-state index contributed by atoms with van der Waals surface area (Å²) in [5, 5.41) is 6.40. The molecule has 1 aromatic carbocycles. The third-order valence-corrected chi connectivity index (χ3v) is 4.06. The van der Waals surface area contributed by atoms with Gasteiger partial charge in [0.15, 0.2) is 0 Å². The minimum atomic E-state index is 0.165. The van der Waals surface area contributed by atoms with Crippen molar-refractivity contribution in [2.75, 3.05) is 0 Å². The van der Waals surface area contributed by atoms with Gasteiger partial charge in [-0.15, -0.1) is 11.3 Å². The number of hydrogen-bond acceptors (Lipinski definition) is 2. The van der Waals surface area contributed by atoms with Gasteiger partial charge < -0.3 is 5.32 Å². The summed E-state index contributed by atoms with van der Waals surface area (Å²) in [4.78, 5) is 11.6. The predicted molar refractivity (Wildman–Crippen MR) is 77.8 cm³/mol. The van der Waals surface area contributed by atoms with Crippen LogP contribution in [0.3, 0.4) is 0 Å². The summed E-state index contributed by atoms with van der Waals surface area (Å²) in [5.74, 6) is 0.165. The maximum absolute atomic E-state index is 11.6. The van der Waals surface area contributed by atoms with Gasteiger partial charge in [-0.3, -0.25) is 4.79 Å². The molecule has 0 spiro atoms. The molecule has 2 aromatic rings. The summed E-state index contributed by atoms with van der Waals surface area (Å²) in [6, 6.07) is 8.32. The molecule has 1 aromatic heterocycles. The van der Waals surface area contributed by atoms with Crippen LogP contribution in [-0.2, 0) is 11.3 Å². The fourth-order valence-electron chi connectivity index (χ4n) is 1.99. The molecular weight excluding hydrogens is 242 g/mol. The third-order valence-electron chi connectivity index (χ3n) is 3.04. The number of benzene rings is 1. The largest absolute Gasteiger partial charge is 0.352 e. The highest BCUT2D eigenvalue weighted by Crippen LogP contribution is 2.25. The molecule has 1 heterocycles. The van der Waals surface area contributed by atoms with Crippen molar-refractivity contribution in [2.45, 2.75) is 39.2 Å². The molecule has 0 radical (unpaired) electrons. The van der Waals surface area contributed by atoms with Crippen molar-refractivity contribution in [2.24, 2.45) is 0 Å². The molecule has 3 heteroatoms. The lowest BCUT2D eigenvalue weighted by molar-refractivity contribution is -0.121. The monoisotopic (exact) mass is 261 g/mol. The van der Waals surface area contributed by atoms with E-state index in [1.165, 1.54) is 15.6 Å². The second kappa shape index (κ2) is 6.55. The summed E-state index contributed by atoms with van der Waals surface area (Å²) in [7, 11) is 0. The predicted octanol–water partition coefficient (Wildman–Crippen LogP) is 4.10. The van der Waals surface area contributed by atoms with Gasteiger partial charge in [0.05, 0.1) is 0 Å². The topological polar surface area (TPSA) is 29.1 Å². The van der Waals surface area contributed by atoms with E-state index in [1.807, 2.05) is 12.1 Å². The van der Waals surface area contributed by atoms with Crippen molar-refractivity contribution in [3.8, 4) is 0 Å². The molecule has 0 fully saturated rings. The van der Waals surface area contributed by atoms with E-state index in [0.29, 0.717) is 13.0 Å². The van der Waals surface area contributed by atoms with Crippen LogP contribution >= 0.6 is 11.3 Å². The molecule has 18 heavy (non-hydrogen) atoms. The van der Waals surface area contributed by atoms with E-state index in [9.17, 15) is 4.79 Å². The lowest BCUT2D eigenvalue weighted by atomic mass is 10.1. The minimum absolute atomic E-state index is 0.165. The SMILES string of the molecule is CCCCCC(=O)NCc1csc2ccccc12. The van der Waals surface area contributed by atoms with E-state index in [1.54, 1.807) is 11.3 Å². The highest BCUT2D eigenvalue weighted by atomic mass is 32.1. The average molecular weight is 261 g/mol. The maximum atomic E-state index is 11.6. The van der Waals surface area contributed by atoms with Gasteiger partial charge in [-0.2, -0.15) is 0 Å². The number of nitrogens with one attached hydrogen (secondary N) is 1. The van der Waals surface area contributed by atoms with Gasteiger partial charge in [-0.1, -0.05) is 38.0 Å². The van der Waals surface area contributed by atoms with Crippen LogP contribution in [0.4, 0.5) is 0 Å². The number of rotatable bonds is 6. The number of unbranched alkanes of at least 4 members (excludes halogenated alkanes) is 2. The summed E-state index contributed by atoms with van der Waals surface area (Å²) in [6.45, 7) is 2.80. The Hall–Kier alpha value is -1.35. The first-order chi connectivity index (χ1) is 8.81. The van der Waals surface area contributed by atoms with Crippen LogP contribution in [-0.4, -0.2) is 5.91 Å². The Balaban J connectivity index is 1.88. The molecule has 0 aliphatic rings. The first-order valence-corrected chi connectivity index (χ1v) is 7.41. The van der Waals surface area contributed by atoms with Gasteiger partial charge in [-0.05, 0) is 28.8 Å². The van der Waals surface area contributed by atoms with Crippen LogP contribution in [0.1, 0.15) is 38.2 Å². The van der Waals surface area contributed by atoms with E-state index < -0.39 is 0 Å². The van der Waals surface area contributed by atoms with Crippen molar-refractivity contribution in [1.29, 1.82) is 0 Å². The summed E-state index contributed by atoms with van der Waals surface area (Å²) in [6.07, 6.45) is 3.93. The maximum Gasteiger partial charge on any atom is 0.220 e. The molecule has 0 saturated heterocycles. The van der Waals surface area contributed by atoms with Crippen molar-refractivity contribution >= 4 is 27.3 Å². The zero-order valence-corrected chi connectivity index (χ0v) is 11.6. The number of carbonyl (C=O) groups is 1. The average Bonchev–Trinajstić information content (AvgIpc) is 2.80. The van der Waals surface area contributed by atoms with Crippen LogP contribution < -0.4 is 5.32 Å². The molecule has 2 nitrogen and oxygen atoms in total. The fraction of sp³-hybridized carbons (Fsp3) is 0.400. The molecule has 1 amide bonds. The quantitative estimate of drug-likeness (QED) is 0.779. The lowest BCUT2D eigenvalue weighted by Gasteiger charge is -2.04. The van der Waals surface area contributed by atoms with Gasteiger partial charge in [0.1, 0.15) is 0 Å². The van der Waals surface area contributed by atoms with E-state index in [4.69, 9.17) is 0 Å². The molecule has 0 aliphatic heterocycles. The number of thiophene rings is 1. The van der Waals surface area contributed by atoms with Crippen molar-refractivity contribution < 1.29 is 4.79 Å². The number of hydrogen-bond donors (Lipinski definition) is 1. The zero-order valence-electron chi connectivity index (χ0n) is 10.7. The molecule has 0 atom stereocenters. The molecule has 0 aliphatic carbocycles. The Morgan fingerprint density at radius 2 is 2.11 bits per heavy atom. The molecule has 2 rings (SSSR count). The van der Waals surface area contributed by atoms with Crippen LogP contribution in [0, 0.1) is 0 Å². The van der Waals surface area contributed by atoms with Crippen LogP contribution in [0.5, 0.6) is 0 Å². The Bertz CT molecular complexity index is 518.